The summed E-state index contributed by atoms with van der Waals surface area (Å²) in [4.78, 5) is 1.71. The molecule has 0 aliphatic heterocycles. The van der Waals surface area contributed by atoms with Gasteiger partial charge in [-0.2, -0.15) is 0 Å². The second-order valence-electron chi connectivity index (χ2n) is 3.91. The Bertz CT molecular complexity index is 230. The first kappa shape index (κ1) is 14.1. The lowest BCUT2D eigenvalue weighted by atomic mass is 10.2. The zero-order valence-corrected chi connectivity index (χ0v) is 9.87. The third-order valence-corrected chi connectivity index (χ3v) is 2.50. The SMILES string of the molecule is CCC[NH+](CCC)Cc1ccccc1.[OH-]. The Labute approximate surface area is 93.2 Å². The van der Waals surface area contributed by atoms with Crippen molar-refractivity contribution in [2.45, 2.75) is 33.2 Å². The normalized spacial score (nSPS) is 10.1. The molecule has 86 valence electrons. The molecule has 0 amide bonds. The Hall–Kier alpha value is -0.860. The van der Waals surface area contributed by atoms with E-state index in [-0.39, 0.29) is 5.48 Å². The quantitative estimate of drug-likeness (QED) is 0.760. The summed E-state index contributed by atoms with van der Waals surface area (Å²) < 4.78 is 0. The fourth-order valence-corrected chi connectivity index (χ4v) is 1.89. The molecule has 0 saturated heterocycles. The van der Waals surface area contributed by atoms with Gasteiger partial charge in [0.1, 0.15) is 6.54 Å². The van der Waals surface area contributed by atoms with E-state index in [2.05, 4.69) is 44.2 Å². The van der Waals surface area contributed by atoms with Crippen LogP contribution in [0.4, 0.5) is 0 Å². The molecule has 0 radical (unpaired) electrons. The molecule has 2 heteroatoms. The minimum absolute atomic E-state index is 0. The van der Waals surface area contributed by atoms with Gasteiger partial charge in [0.2, 0.25) is 0 Å². The van der Waals surface area contributed by atoms with E-state index in [0.717, 1.165) is 0 Å². The molecule has 0 saturated carbocycles. The number of rotatable bonds is 6. The highest BCUT2D eigenvalue weighted by molar-refractivity contribution is 5.13. The molecule has 0 heterocycles. The van der Waals surface area contributed by atoms with Crippen LogP contribution in [0.15, 0.2) is 30.3 Å². The summed E-state index contributed by atoms with van der Waals surface area (Å²) in [5.74, 6) is 0. The van der Waals surface area contributed by atoms with Gasteiger partial charge in [-0.1, -0.05) is 44.2 Å². The Morgan fingerprint density at radius 3 is 1.93 bits per heavy atom. The molecule has 0 aliphatic rings. The Kier molecular flexibility index (Phi) is 7.96. The predicted octanol–water partition coefficient (Wildman–Crippen LogP) is 1.71. The monoisotopic (exact) mass is 209 g/mol. The minimum atomic E-state index is 0. The van der Waals surface area contributed by atoms with Crippen molar-refractivity contribution >= 4 is 0 Å². The summed E-state index contributed by atoms with van der Waals surface area (Å²) >= 11 is 0. The largest absolute Gasteiger partial charge is 0.870 e. The van der Waals surface area contributed by atoms with E-state index in [0.29, 0.717) is 0 Å². The lowest BCUT2D eigenvalue weighted by Crippen LogP contribution is -3.10. The van der Waals surface area contributed by atoms with Gasteiger partial charge in [0.15, 0.2) is 0 Å². The maximum absolute atomic E-state index is 2.26. The van der Waals surface area contributed by atoms with Crippen LogP contribution in [0, 0.1) is 0 Å². The summed E-state index contributed by atoms with van der Waals surface area (Å²) in [7, 11) is 0. The highest BCUT2D eigenvalue weighted by atomic mass is 16.0. The van der Waals surface area contributed by atoms with Crippen LogP contribution in [0.5, 0.6) is 0 Å². The zero-order valence-electron chi connectivity index (χ0n) is 9.87. The van der Waals surface area contributed by atoms with E-state index >= 15 is 0 Å². The molecular weight excluding hydrogens is 186 g/mol. The molecule has 0 spiro atoms. The van der Waals surface area contributed by atoms with Gasteiger partial charge in [-0.05, 0) is 12.8 Å². The molecule has 0 atom stereocenters. The van der Waals surface area contributed by atoms with Crippen molar-refractivity contribution in [3.05, 3.63) is 35.9 Å². The fourth-order valence-electron chi connectivity index (χ4n) is 1.89. The van der Waals surface area contributed by atoms with Crippen LogP contribution in [0.1, 0.15) is 32.3 Å². The van der Waals surface area contributed by atoms with E-state index in [1.807, 2.05) is 0 Å². The van der Waals surface area contributed by atoms with Gasteiger partial charge in [0.25, 0.3) is 0 Å². The third kappa shape index (κ3) is 5.55. The van der Waals surface area contributed by atoms with Crippen LogP contribution >= 0.6 is 0 Å². The van der Waals surface area contributed by atoms with Crippen molar-refractivity contribution in [3.8, 4) is 0 Å². The van der Waals surface area contributed by atoms with E-state index in [1.54, 1.807) is 4.90 Å². The molecule has 2 N–H and O–H groups in total. The fraction of sp³-hybridized carbons (Fsp3) is 0.538. The molecule has 2 nitrogen and oxygen atoms in total. The van der Waals surface area contributed by atoms with Crippen LogP contribution in [-0.2, 0) is 6.54 Å². The standard InChI is InChI=1S/C13H21N.H2O/c1-3-10-14(11-4-2)12-13-8-6-5-7-9-13;/h5-9H,3-4,10-12H2,1-2H3;1H2. The van der Waals surface area contributed by atoms with Crippen LogP contribution in [0.2, 0.25) is 0 Å². The second-order valence-corrected chi connectivity index (χ2v) is 3.91. The van der Waals surface area contributed by atoms with E-state index in [1.165, 1.54) is 38.0 Å². The Balaban J connectivity index is 0.00000196. The van der Waals surface area contributed by atoms with Crippen molar-refractivity contribution in [1.29, 1.82) is 0 Å². The zero-order chi connectivity index (χ0) is 10.2. The van der Waals surface area contributed by atoms with Crippen LogP contribution in [0.3, 0.4) is 0 Å². The first-order chi connectivity index (χ1) is 6.86. The molecule has 15 heavy (non-hydrogen) atoms. The maximum Gasteiger partial charge on any atom is 0.103 e. The second kappa shape index (κ2) is 8.45. The molecule has 1 rings (SSSR count). The lowest BCUT2D eigenvalue weighted by Gasteiger charge is -2.17. The van der Waals surface area contributed by atoms with Gasteiger partial charge in [0.05, 0.1) is 13.1 Å². The molecule has 0 aromatic heterocycles. The van der Waals surface area contributed by atoms with Gasteiger partial charge in [0, 0.05) is 5.56 Å². The number of nitrogens with one attached hydrogen (secondary N) is 1. The van der Waals surface area contributed by atoms with Crippen molar-refractivity contribution in [2.75, 3.05) is 13.1 Å². The average Bonchev–Trinajstić information content (AvgIpc) is 2.20. The summed E-state index contributed by atoms with van der Waals surface area (Å²) in [6.07, 6.45) is 2.56. The molecular formula is C13H23NO. The first-order valence-electron chi connectivity index (χ1n) is 5.74. The highest BCUT2D eigenvalue weighted by Crippen LogP contribution is 1.95. The topological polar surface area (TPSA) is 34.4 Å². The van der Waals surface area contributed by atoms with Crippen LogP contribution in [0.25, 0.3) is 0 Å². The number of quaternary nitrogens is 1. The summed E-state index contributed by atoms with van der Waals surface area (Å²) in [6, 6.07) is 10.8. The number of hydrogen-bond donors (Lipinski definition) is 1. The van der Waals surface area contributed by atoms with E-state index in [4.69, 9.17) is 0 Å². The van der Waals surface area contributed by atoms with Crippen molar-refractivity contribution in [3.63, 3.8) is 0 Å². The molecule has 1 aromatic carbocycles. The van der Waals surface area contributed by atoms with Gasteiger partial charge < -0.3 is 10.4 Å². The smallest absolute Gasteiger partial charge is 0.103 e. The predicted molar refractivity (Wildman–Crippen MR) is 63.4 cm³/mol. The number of benzene rings is 1. The van der Waals surface area contributed by atoms with Gasteiger partial charge in [-0.3, -0.25) is 0 Å². The maximum atomic E-state index is 2.26. The van der Waals surface area contributed by atoms with Gasteiger partial charge in [-0.25, -0.2) is 0 Å². The number of hydrogen-bond acceptors (Lipinski definition) is 1. The van der Waals surface area contributed by atoms with Gasteiger partial charge in [-0.15, -0.1) is 0 Å². The Morgan fingerprint density at radius 1 is 0.933 bits per heavy atom. The van der Waals surface area contributed by atoms with Crippen LogP contribution in [-0.4, -0.2) is 18.6 Å². The summed E-state index contributed by atoms with van der Waals surface area (Å²) in [5, 5.41) is 0. The highest BCUT2D eigenvalue weighted by Gasteiger charge is 2.05. The lowest BCUT2D eigenvalue weighted by molar-refractivity contribution is -0.914. The minimum Gasteiger partial charge on any atom is -0.870 e. The third-order valence-electron chi connectivity index (χ3n) is 2.50. The van der Waals surface area contributed by atoms with E-state index in [9.17, 15) is 0 Å². The van der Waals surface area contributed by atoms with Crippen LogP contribution < -0.4 is 4.90 Å². The molecule has 1 aromatic rings. The van der Waals surface area contributed by atoms with Crippen molar-refractivity contribution in [2.24, 2.45) is 0 Å². The summed E-state index contributed by atoms with van der Waals surface area (Å²) in [5.41, 5.74) is 1.46. The molecule has 0 fully saturated rings. The van der Waals surface area contributed by atoms with Crippen molar-refractivity contribution in [1.82, 2.24) is 0 Å². The molecule has 0 bridgehead atoms. The van der Waals surface area contributed by atoms with Gasteiger partial charge >= 0.3 is 0 Å². The average molecular weight is 209 g/mol. The molecule has 0 unspecified atom stereocenters. The van der Waals surface area contributed by atoms with E-state index < -0.39 is 0 Å². The Morgan fingerprint density at radius 2 is 1.47 bits per heavy atom. The first-order valence-corrected chi connectivity index (χ1v) is 5.74. The van der Waals surface area contributed by atoms with Crippen molar-refractivity contribution < 1.29 is 10.4 Å². The summed E-state index contributed by atoms with van der Waals surface area (Å²) in [6.45, 7) is 8.30. The molecule has 0 aliphatic carbocycles.